The molecule has 0 heterocycles. The van der Waals surface area contributed by atoms with Crippen molar-refractivity contribution >= 4 is 42.1 Å². The van der Waals surface area contributed by atoms with Gasteiger partial charge in [0.1, 0.15) is 0 Å². The molecule has 0 rings (SSSR count). The van der Waals surface area contributed by atoms with E-state index < -0.39 is 42.1 Å². The van der Waals surface area contributed by atoms with Gasteiger partial charge in [-0.05, 0) is 111 Å². The van der Waals surface area contributed by atoms with Gasteiger partial charge in [-0.3, -0.25) is 0 Å². The molecule has 0 amide bonds. The molecule has 40 heavy (non-hydrogen) atoms. The van der Waals surface area contributed by atoms with Crippen LogP contribution in [0.1, 0.15) is 26.7 Å². The third-order valence-electron chi connectivity index (χ3n) is 4.57. The molecule has 0 aliphatic carbocycles. The summed E-state index contributed by atoms with van der Waals surface area (Å²) in [7, 11) is -9.34. The second-order valence-electron chi connectivity index (χ2n) is 12.8. The molecule has 0 aliphatic rings. The van der Waals surface area contributed by atoms with Crippen LogP contribution in [0.4, 0.5) is 0 Å². The van der Waals surface area contributed by atoms with E-state index >= 15 is 0 Å². The molecule has 0 radical (unpaired) electrons. The first-order valence-electron chi connectivity index (χ1n) is 14.4. The summed E-state index contributed by atoms with van der Waals surface area (Å²) in [6, 6.07) is 1.75. The number of ether oxygens (including phenoxy) is 4. The molecule has 0 fully saturated rings. The first-order chi connectivity index (χ1) is 17.2. The van der Waals surface area contributed by atoms with Crippen LogP contribution < -0.4 is 29.6 Å². The number of rotatable bonds is 22. The van der Waals surface area contributed by atoms with Gasteiger partial charge in [-0.1, -0.05) is 0 Å². The standard InChI is InChI=1S/C14H36O4Si3.C11H28O4Si2.Na.H2O/c1-9-15-12-13-16-11-10-14-21(8,17-19(2,3)4)18-20(5,6)7;1-6-13-9-10-14-8-7-11-17(5,12)15-16(2,3)4;;/h9-14H2,1-8H3;12H,6-11H2,1-5H3;;1H2/q;;+1;/p-1. The third-order valence-corrected chi connectivity index (χ3v) is 19.7. The van der Waals surface area contributed by atoms with Crippen molar-refractivity contribution in [1.82, 2.24) is 0 Å². The monoisotopic (exact) mass is 672 g/mol. The molecular formula is C25H65NaO9Si5. The predicted octanol–water partition coefficient (Wildman–Crippen LogP) is 3.38. The molecule has 0 aromatic rings. The first kappa shape index (κ1) is 48.6. The van der Waals surface area contributed by atoms with Crippen molar-refractivity contribution in [2.24, 2.45) is 0 Å². The zero-order chi connectivity index (χ0) is 29.9. The van der Waals surface area contributed by atoms with E-state index in [-0.39, 0.29) is 35.0 Å². The second kappa shape index (κ2) is 25.0. The molecule has 0 aliphatic heterocycles. The summed E-state index contributed by atoms with van der Waals surface area (Å²) < 4.78 is 40.2. The van der Waals surface area contributed by atoms with Gasteiger partial charge in [-0.15, -0.1) is 0 Å². The van der Waals surface area contributed by atoms with Crippen molar-refractivity contribution in [3.63, 3.8) is 0 Å². The maximum Gasteiger partial charge on any atom is 1.00 e. The number of hydrogen-bond donors (Lipinski definition) is 1. The van der Waals surface area contributed by atoms with Crippen molar-refractivity contribution in [3.05, 3.63) is 0 Å². The molecule has 0 saturated carbocycles. The van der Waals surface area contributed by atoms with Gasteiger partial charge >= 0.3 is 46.7 Å². The molecular weight excluding hydrogens is 608 g/mol. The van der Waals surface area contributed by atoms with Crippen molar-refractivity contribution in [1.29, 1.82) is 0 Å². The van der Waals surface area contributed by atoms with E-state index in [1.807, 2.05) is 20.4 Å². The van der Waals surface area contributed by atoms with E-state index in [4.69, 9.17) is 31.3 Å². The normalized spacial score (nSPS) is 13.9. The van der Waals surface area contributed by atoms with Crippen LogP contribution >= 0.6 is 0 Å². The fraction of sp³-hybridized carbons (Fsp3) is 1.00. The topological polar surface area (TPSA) is 115 Å². The third kappa shape index (κ3) is 37.7. The van der Waals surface area contributed by atoms with E-state index in [9.17, 15) is 4.80 Å². The van der Waals surface area contributed by atoms with Gasteiger partial charge in [0.2, 0.25) is 0 Å². The van der Waals surface area contributed by atoms with E-state index in [1.54, 1.807) is 0 Å². The van der Waals surface area contributed by atoms with Gasteiger partial charge in [-0.2, -0.15) is 0 Å². The van der Waals surface area contributed by atoms with Gasteiger partial charge in [-0.25, -0.2) is 0 Å². The zero-order valence-electron chi connectivity index (χ0n) is 28.7. The summed E-state index contributed by atoms with van der Waals surface area (Å²) in [5.41, 5.74) is 0. The fourth-order valence-corrected chi connectivity index (χ4v) is 22.8. The minimum Gasteiger partial charge on any atom is -0.870 e. The Morgan fingerprint density at radius 3 is 1.12 bits per heavy atom. The summed E-state index contributed by atoms with van der Waals surface area (Å²) in [6.07, 6.45) is 1.86. The largest absolute Gasteiger partial charge is 1.00 e. The Kier molecular flexibility index (Phi) is 30.4. The Morgan fingerprint density at radius 2 is 0.800 bits per heavy atom. The number of hydrogen-bond acceptors (Lipinski definition) is 9. The average molecular weight is 673 g/mol. The van der Waals surface area contributed by atoms with Crippen LogP contribution in [-0.4, -0.2) is 105 Å². The van der Waals surface area contributed by atoms with Crippen LogP contribution in [0.2, 0.25) is 84.1 Å². The molecule has 1 atom stereocenters. The Bertz CT molecular complexity index is 556. The second-order valence-corrected chi connectivity index (χ2v) is 33.5. The smallest absolute Gasteiger partial charge is 0.870 e. The molecule has 0 spiro atoms. The minimum absolute atomic E-state index is 0. The van der Waals surface area contributed by atoms with Crippen LogP contribution in [0.25, 0.3) is 0 Å². The van der Waals surface area contributed by atoms with E-state index in [1.165, 1.54) is 0 Å². The summed E-state index contributed by atoms with van der Waals surface area (Å²) in [6.45, 7) is 33.4. The van der Waals surface area contributed by atoms with Gasteiger partial charge < -0.3 is 41.6 Å². The molecule has 0 aromatic heterocycles. The van der Waals surface area contributed by atoms with Crippen LogP contribution in [-0.2, 0) is 31.3 Å². The summed E-state index contributed by atoms with van der Waals surface area (Å²) >= 11 is 0. The van der Waals surface area contributed by atoms with Crippen molar-refractivity contribution in [2.75, 3.05) is 52.9 Å². The van der Waals surface area contributed by atoms with E-state index in [0.717, 1.165) is 44.8 Å². The Labute approximate surface area is 275 Å². The fourth-order valence-electron chi connectivity index (χ4n) is 3.86. The van der Waals surface area contributed by atoms with Crippen molar-refractivity contribution in [2.45, 2.75) is 111 Å². The maximum absolute atomic E-state index is 10.2. The van der Waals surface area contributed by atoms with Crippen LogP contribution in [0.15, 0.2) is 0 Å². The minimum atomic E-state index is -2.46. The van der Waals surface area contributed by atoms with Gasteiger partial charge in [0.15, 0.2) is 25.0 Å². The maximum atomic E-state index is 10.2. The Hall–Kier alpha value is 1.72. The summed E-state index contributed by atoms with van der Waals surface area (Å²) in [5.74, 6) is 0. The van der Waals surface area contributed by atoms with Gasteiger partial charge in [0, 0.05) is 26.4 Å². The molecule has 9 nitrogen and oxygen atoms in total. The molecule has 240 valence electrons. The first-order valence-corrected chi connectivity index (χ1v) is 29.7. The van der Waals surface area contributed by atoms with E-state index in [2.05, 4.69) is 65.5 Å². The van der Waals surface area contributed by atoms with Crippen LogP contribution in [0.3, 0.4) is 0 Å². The Morgan fingerprint density at radius 1 is 0.475 bits per heavy atom. The van der Waals surface area contributed by atoms with Gasteiger partial charge in [0.25, 0.3) is 0 Å². The van der Waals surface area contributed by atoms with E-state index in [0.29, 0.717) is 33.0 Å². The zero-order valence-corrected chi connectivity index (χ0v) is 35.7. The summed E-state index contributed by atoms with van der Waals surface area (Å²) in [5, 5.41) is 0. The Balaban J connectivity index is -0.000000315. The molecule has 0 aromatic carbocycles. The predicted molar refractivity (Wildman–Crippen MR) is 174 cm³/mol. The molecule has 0 bridgehead atoms. The van der Waals surface area contributed by atoms with Gasteiger partial charge in [0.05, 0.1) is 26.4 Å². The van der Waals surface area contributed by atoms with Crippen molar-refractivity contribution in [3.8, 4) is 0 Å². The van der Waals surface area contributed by atoms with Crippen molar-refractivity contribution < 1.29 is 71.1 Å². The van der Waals surface area contributed by atoms with Crippen LogP contribution in [0, 0.1) is 0 Å². The average Bonchev–Trinajstić information content (AvgIpc) is 2.68. The molecule has 15 heteroatoms. The molecule has 1 unspecified atom stereocenters. The summed E-state index contributed by atoms with van der Waals surface area (Å²) in [4.78, 5) is 10.2. The molecule has 0 saturated heterocycles. The van der Waals surface area contributed by atoms with Crippen LogP contribution in [0.5, 0.6) is 0 Å². The molecule has 2 N–H and O–H groups in total. The SMILES string of the molecule is CCOCCOCCC[Si](C)(O)O[Si](C)(C)C.CCOCCOCCC[Si](C)(O[Si](C)(C)C)O[Si](C)(C)C.[Na+].[OH-]. The quantitative estimate of drug-likeness (QED) is 0.137.